The average Bonchev–Trinajstić information content (AvgIpc) is 3.37. The van der Waals surface area contributed by atoms with Gasteiger partial charge in [-0.1, -0.05) is 0 Å². The van der Waals surface area contributed by atoms with Crippen LogP contribution in [0.4, 0.5) is 27.1 Å². The second-order valence-corrected chi connectivity index (χ2v) is 8.99. The minimum Gasteiger partial charge on any atom is -0.302 e. The standard InChI is InChI=1S/C20H13F5N4O3S2/c1-28-11-7-33-12(14(11)17(31)29(2)19(28)32)5-13(30)27-18-26-10(6-34-18)8-3-4-9(21)15(16(8)22)20(23,24)25/h3-4,6-7H,5H2,1-2H3,(H,26,27,30). The summed E-state index contributed by atoms with van der Waals surface area (Å²) in [6, 6.07) is 1.33. The van der Waals surface area contributed by atoms with Gasteiger partial charge in [0.05, 0.1) is 23.0 Å². The highest BCUT2D eigenvalue weighted by Crippen LogP contribution is 2.38. The van der Waals surface area contributed by atoms with Crippen LogP contribution in [0.1, 0.15) is 10.4 Å². The van der Waals surface area contributed by atoms with Crippen molar-refractivity contribution in [3.8, 4) is 11.3 Å². The lowest BCUT2D eigenvalue weighted by Crippen LogP contribution is -2.36. The fourth-order valence-corrected chi connectivity index (χ4v) is 5.13. The molecule has 34 heavy (non-hydrogen) atoms. The molecule has 0 unspecified atom stereocenters. The Hall–Kier alpha value is -3.39. The largest absolute Gasteiger partial charge is 0.422 e. The number of hydrogen-bond donors (Lipinski definition) is 1. The Kier molecular flexibility index (Phi) is 5.89. The number of aromatic nitrogens is 3. The Morgan fingerprint density at radius 2 is 1.79 bits per heavy atom. The van der Waals surface area contributed by atoms with Crippen LogP contribution in [0.3, 0.4) is 0 Å². The molecular weight excluding hydrogens is 503 g/mol. The maximum Gasteiger partial charge on any atom is 0.422 e. The van der Waals surface area contributed by atoms with Crippen LogP contribution in [0.15, 0.2) is 32.5 Å². The monoisotopic (exact) mass is 516 g/mol. The summed E-state index contributed by atoms with van der Waals surface area (Å²) in [5, 5.41) is 5.44. The third-order valence-corrected chi connectivity index (χ3v) is 6.76. The van der Waals surface area contributed by atoms with Crippen LogP contribution in [0.25, 0.3) is 22.2 Å². The van der Waals surface area contributed by atoms with Crippen molar-refractivity contribution in [2.45, 2.75) is 12.6 Å². The van der Waals surface area contributed by atoms with Crippen LogP contribution >= 0.6 is 22.7 Å². The quantitative estimate of drug-likeness (QED) is 0.417. The third-order valence-electron chi connectivity index (χ3n) is 5.02. The van der Waals surface area contributed by atoms with Gasteiger partial charge in [-0.25, -0.2) is 18.6 Å². The predicted octanol–water partition coefficient (Wildman–Crippen LogP) is 3.90. The minimum atomic E-state index is -5.23. The first-order valence-electron chi connectivity index (χ1n) is 9.37. The Morgan fingerprint density at radius 3 is 2.47 bits per heavy atom. The first-order valence-corrected chi connectivity index (χ1v) is 11.1. The van der Waals surface area contributed by atoms with Crippen LogP contribution < -0.4 is 16.6 Å². The van der Waals surface area contributed by atoms with Gasteiger partial charge in [-0.15, -0.1) is 22.7 Å². The van der Waals surface area contributed by atoms with E-state index in [1.807, 2.05) is 0 Å². The SMILES string of the molecule is Cn1c(=O)c2c(CC(=O)Nc3nc(-c4ccc(F)c(C(F)(F)F)c4F)cs3)scc2n(C)c1=O. The summed E-state index contributed by atoms with van der Waals surface area (Å²) < 4.78 is 69.1. The molecule has 14 heteroatoms. The molecule has 1 aromatic carbocycles. The van der Waals surface area contributed by atoms with Crippen LogP contribution in [0.2, 0.25) is 0 Å². The van der Waals surface area contributed by atoms with Gasteiger partial charge in [-0.05, 0) is 12.1 Å². The van der Waals surface area contributed by atoms with E-state index in [-0.39, 0.29) is 22.6 Å². The molecular formula is C20H13F5N4O3S2. The molecule has 1 N–H and O–H groups in total. The molecule has 0 saturated carbocycles. The number of nitrogens with zero attached hydrogens (tertiary/aromatic N) is 3. The maximum absolute atomic E-state index is 14.4. The van der Waals surface area contributed by atoms with Crippen molar-refractivity contribution >= 4 is 44.6 Å². The van der Waals surface area contributed by atoms with Crippen molar-refractivity contribution in [3.05, 3.63) is 65.8 Å². The molecule has 0 aliphatic heterocycles. The van der Waals surface area contributed by atoms with E-state index in [1.54, 1.807) is 5.38 Å². The predicted molar refractivity (Wildman–Crippen MR) is 117 cm³/mol. The molecule has 7 nitrogen and oxygen atoms in total. The van der Waals surface area contributed by atoms with E-state index in [1.165, 1.54) is 24.0 Å². The number of carbonyl (C=O) groups is 1. The van der Waals surface area contributed by atoms with Gasteiger partial charge in [0.2, 0.25) is 5.91 Å². The molecule has 0 fully saturated rings. The number of fused-ring (bicyclic) bond motifs is 1. The van der Waals surface area contributed by atoms with E-state index >= 15 is 0 Å². The van der Waals surface area contributed by atoms with Crippen molar-refractivity contribution < 1.29 is 26.7 Å². The number of hydrogen-bond acceptors (Lipinski definition) is 6. The summed E-state index contributed by atoms with van der Waals surface area (Å²) in [6.07, 6.45) is -5.47. The lowest BCUT2D eigenvalue weighted by Gasteiger charge is -2.11. The van der Waals surface area contributed by atoms with Gasteiger partial charge in [-0.3, -0.25) is 18.7 Å². The fraction of sp³-hybridized carbons (Fsp3) is 0.200. The molecule has 0 spiro atoms. The van der Waals surface area contributed by atoms with E-state index in [0.717, 1.165) is 33.3 Å². The molecule has 4 rings (SSSR count). The summed E-state index contributed by atoms with van der Waals surface area (Å²) in [6.45, 7) is 0. The van der Waals surface area contributed by atoms with Crippen molar-refractivity contribution in [2.24, 2.45) is 14.1 Å². The molecule has 3 heterocycles. The molecule has 0 radical (unpaired) electrons. The van der Waals surface area contributed by atoms with E-state index in [9.17, 15) is 36.3 Å². The highest BCUT2D eigenvalue weighted by Gasteiger charge is 2.39. The van der Waals surface area contributed by atoms with Crippen LogP contribution in [0, 0.1) is 11.6 Å². The lowest BCUT2D eigenvalue weighted by atomic mass is 10.1. The second-order valence-electron chi connectivity index (χ2n) is 7.17. The second kappa shape index (κ2) is 8.43. The molecule has 0 aliphatic carbocycles. The number of rotatable bonds is 4. The van der Waals surface area contributed by atoms with Gasteiger partial charge < -0.3 is 5.32 Å². The van der Waals surface area contributed by atoms with Gasteiger partial charge >= 0.3 is 11.9 Å². The molecule has 3 aromatic heterocycles. The van der Waals surface area contributed by atoms with Crippen LogP contribution in [-0.2, 0) is 31.5 Å². The number of thiazole rings is 1. The van der Waals surface area contributed by atoms with Gasteiger partial charge in [-0.2, -0.15) is 13.2 Å². The number of nitrogens with one attached hydrogen (secondary N) is 1. The molecule has 0 saturated heterocycles. The summed E-state index contributed by atoms with van der Waals surface area (Å²) in [5.41, 5.74) is -3.49. The molecule has 0 aliphatic rings. The number of thiophene rings is 1. The Bertz CT molecular complexity index is 1570. The number of aryl methyl sites for hydroxylation is 1. The van der Waals surface area contributed by atoms with E-state index in [4.69, 9.17) is 0 Å². The molecule has 0 bridgehead atoms. The van der Waals surface area contributed by atoms with Crippen LogP contribution in [-0.4, -0.2) is 20.0 Å². The zero-order chi connectivity index (χ0) is 24.9. The highest BCUT2D eigenvalue weighted by molar-refractivity contribution is 7.14. The first kappa shape index (κ1) is 23.8. The van der Waals surface area contributed by atoms with Gasteiger partial charge in [0.25, 0.3) is 5.56 Å². The summed E-state index contributed by atoms with van der Waals surface area (Å²) >= 11 is 1.95. The molecule has 178 valence electrons. The molecule has 1 amide bonds. The molecule has 0 atom stereocenters. The number of anilines is 1. The Balaban J connectivity index is 1.59. The number of benzene rings is 1. The van der Waals surface area contributed by atoms with Gasteiger partial charge in [0, 0.05) is 35.3 Å². The Labute approximate surface area is 194 Å². The van der Waals surface area contributed by atoms with Gasteiger partial charge in [0.1, 0.15) is 17.2 Å². The molecule has 4 aromatic rings. The van der Waals surface area contributed by atoms with E-state index < -0.39 is 46.1 Å². The zero-order valence-corrected chi connectivity index (χ0v) is 18.9. The van der Waals surface area contributed by atoms with Gasteiger partial charge in [0.15, 0.2) is 5.13 Å². The average molecular weight is 516 g/mol. The first-order chi connectivity index (χ1) is 15.9. The number of halogens is 5. The third kappa shape index (κ3) is 4.03. The van der Waals surface area contributed by atoms with Crippen molar-refractivity contribution in [2.75, 3.05) is 5.32 Å². The van der Waals surface area contributed by atoms with Crippen molar-refractivity contribution in [1.29, 1.82) is 0 Å². The zero-order valence-electron chi connectivity index (χ0n) is 17.3. The number of amides is 1. The topological polar surface area (TPSA) is 86.0 Å². The number of alkyl halides is 3. The normalized spacial score (nSPS) is 11.9. The fourth-order valence-electron chi connectivity index (χ4n) is 3.35. The summed E-state index contributed by atoms with van der Waals surface area (Å²) in [7, 11) is 2.82. The minimum absolute atomic E-state index is 0.0292. The number of carbonyl (C=O) groups excluding carboxylic acids is 1. The van der Waals surface area contributed by atoms with Crippen LogP contribution in [0.5, 0.6) is 0 Å². The summed E-state index contributed by atoms with van der Waals surface area (Å²) in [5.74, 6) is -4.14. The van der Waals surface area contributed by atoms with E-state index in [0.29, 0.717) is 16.5 Å². The smallest absolute Gasteiger partial charge is 0.302 e. The van der Waals surface area contributed by atoms with Crippen molar-refractivity contribution in [1.82, 2.24) is 14.1 Å². The van der Waals surface area contributed by atoms with E-state index in [2.05, 4.69) is 10.3 Å². The Morgan fingerprint density at radius 1 is 1.09 bits per heavy atom. The maximum atomic E-state index is 14.4. The lowest BCUT2D eigenvalue weighted by molar-refractivity contribution is -0.142. The van der Waals surface area contributed by atoms with Crippen molar-refractivity contribution in [3.63, 3.8) is 0 Å². The summed E-state index contributed by atoms with van der Waals surface area (Å²) in [4.78, 5) is 41.4. The highest BCUT2D eigenvalue weighted by atomic mass is 32.1.